The van der Waals surface area contributed by atoms with Gasteiger partial charge < -0.3 is 9.64 Å². The summed E-state index contributed by atoms with van der Waals surface area (Å²) in [6.45, 7) is 6.82. The van der Waals surface area contributed by atoms with Gasteiger partial charge in [-0.05, 0) is 53.0 Å². The highest BCUT2D eigenvalue weighted by atomic mass is 19.4. The Kier molecular flexibility index (Phi) is 4.94. The molecular formula is C15H25F3N2O2. The molecule has 0 unspecified atom stereocenters. The highest BCUT2D eigenvalue weighted by Crippen LogP contribution is 2.36. The Morgan fingerprint density at radius 2 is 1.64 bits per heavy atom. The first-order valence-corrected chi connectivity index (χ1v) is 7.88. The molecule has 7 heteroatoms. The summed E-state index contributed by atoms with van der Waals surface area (Å²) in [4.78, 5) is 15.2. The number of hydrogen-bond donors (Lipinski definition) is 0. The molecule has 2 saturated heterocycles. The van der Waals surface area contributed by atoms with Crippen molar-refractivity contribution in [3.8, 4) is 0 Å². The zero-order chi connectivity index (χ0) is 16.5. The van der Waals surface area contributed by atoms with Crippen molar-refractivity contribution < 1.29 is 22.7 Å². The standard InChI is InChI=1S/C15H25F3N2O2/c1-14(2,3)22-13(21)19-9-6-11(7-10-19)20-8-4-5-12(20)15(16,17)18/h11-12H,4-10H2,1-3H3/t12-/m1/s1. The summed E-state index contributed by atoms with van der Waals surface area (Å²) in [7, 11) is 0. The Morgan fingerprint density at radius 1 is 1.05 bits per heavy atom. The van der Waals surface area contributed by atoms with E-state index in [2.05, 4.69) is 0 Å². The third-order valence-electron chi connectivity index (χ3n) is 4.26. The maximum Gasteiger partial charge on any atom is 0.410 e. The number of halogens is 3. The molecule has 0 saturated carbocycles. The van der Waals surface area contributed by atoms with E-state index in [1.807, 2.05) is 0 Å². The number of piperidine rings is 1. The van der Waals surface area contributed by atoms with Gasteiger partial charge in [0, 0.05) is 19.1 Å². The van der Waals surface area contributed by atoms with Crippen LogP contribution in [0.1, 0.15) is 46.5 Å². The molecule has 0 aromatic carbocycles. The summed E-state index contributed by atoms with van der Waals surface area (Å²) in [6, 6.07) is -1.40. The second-order valence-corrected chi connectivity index (χ2v) is 7.14. The van der Waals surface area contributed by atoms with Crippen LogP contribution in [0.4, 0.5) is 18.0 Å². The first kappa shape index (κ1) is 17.4. The summed E-state index contributed by atoms with van der Waals surface area (Å²) in [5, 5.41) is 0. The molecule has 128 valence electrons. The second-order valence-electron chi connectivity index (χ2n) is 7.14. The van der Waals surface area contributed by atoms with E-state index in [4.69, 9.17) is 4.74 Å². The molecule has 0 aromatic heterocycles. The summed E-state index contributed by atoms with van der Waals surface area (Å²) >= 11 is 0. The summed E-state index contributed by atoms with van der Waals surface area (Å²) in [5.74, 6) is 0. The van der Waals surface area contributed by atoms with Gasteiger partial charge in [-0.3, -0.25) is 4.90 Å². The van der Waals surface area contributed by atoms with Gasteiger partial charge in [0.25, 0.3) is 0 Å². The second kappa shape index (κ2) is 6.26. The predicted octanol–water partition coefficient (Wildman–Crippen LogP) is 3.41. The van der Waals surface area contributed by atoms with Crippen molar-refractivity contribution in [2.45, 2.75) is 70.3 Å². The summed E-state index contributed by atoms with van der Waals surface area (Å²) in [6.07, 6.45) is -2.59. The van der Waals surface area contributed by atoms with Crippen LogP contribution in [-0.4, -0.2) is 59.4 Å². The van der Waals surface area contributed by atoms with Crippen LogP contribution in [0.5, 0.6) is 0 Å². The summed E-state index contributed by atoms with van der Waals surface area (Å²) in [5.41, 5.74) is -0.551. The van der Waals surface area contributed by atoms with Gasteiger partial charge in [0.15, 0.2) is 0 Å². The Balaban J connectivity index is 1.88. The number of amides is 1. The number of nitrogens with zero attached hydrogens (tertiary/aromatic N) is 2. The lowest BCUT2D eigenvalue weighted by Crippen LogP contribution is -2.52. The van der Waals surface area contributed by atoms with E-state index in [-0.39, 0.29) is 18.6 Å². The van der Waals surface area contributed by atoms with Crippen molar-refractivity contribution in [2.75, 3.05) is 19.6 Å². The molecule has 0 bridgehead atoms. The molecule has 2 fully saturated rings. The molecule has 1 atom stereocenters. The number of likely N-dealkylation sites (tertiary alicyclic amines) is 2. The van der Waals surface area contributed by atoms with Crippen molar-refractivity contribution >= 4 is 6.09 Å². The lowest BCUT2D eigenvalue weighted by molar-refractivity contribution is -0.182. The fraction of sp³-hybridized carbons (Fsp3) is 0.933. The number of alkyl halides is 3. The van der Waals surface area contributed by atoms with E-state index in [9.17, 15) is 18.0 Å². The van der Waals surface area contributed by atoms with E-state index in [0.29, 0.717) is 38.9 Å². The fourth-order valence-corrected chi connectivity index (χ4v) is 3.28. The third-order valence-corrected chi connectivity index (χ3v) is 4.26. The lowest BCUT2D eigenvalue weighted by atomic mass is 10.0. The highest BCUT2D eigenvalue weighted by Gasteiger charge is 2.48. The van der Waals surface area contributed by atoms with Gasteiger partial charge in [-0.15, -0.1) is 0 Å². The van der Waals surface area contributed by atoms with Crippen LogP contribution in [0.25, 0.3) is 0 Å². The number of ether oxygens (including phenoxy) is 1. The molecule has 4 nitrogen and oxygen atoms in total. The maximum absolute atomic E-state index is 13.0. The minimum Gasteiger partial charge on any atom is -0.444 e. The molecule has 2 aliphatic heterocycles. The minimum absolute atomic E-state index is 0.0900. The highest BCUT2D eigenvalue weighted by molar-refractivity contribution is 5.68. The molecule has 2 rings (SSSR count). The quantitative estimate of drug-likeness (QED) is 0.742. The van der Waals surface area contributed by atoms with Gasteiger partial charge in [-0.2, -0.15) is 13.2 Å². The Morgan fingerprint density at radius 3 is 2.14 bits per heavy atom. The Labute approximate surface area is 129 Å². The topological polar surface area (TPSA) is 32.8 Å². The van der Waals surface area contributed by atoms with Gasteiger partial charge in [0.05, 0.1) is 0 Å². The largest absolute Gasteiger partial charge is 0.444 e. The SMILES string of the molecule is CC(C)(C)OC(=O)N1CCC(N2CCC[C@@H]2C(F)(F)F)CC1. The van der Waals surface area contributed by atoms with Crippen LogP contribution < -0.4 is 0 Å². The number of rotatable bonds is 1. The van der Waals surface area contributed by atoms with Gasteiger partial charge in [-0.25, -0.2) is 4.79 Å². The maximum atomic E-state index is 13.0. The predicted molar refractivity (Wildman–Crippen MR) is 76.6 cm³/mol. The van der Waals surface area contributed by atoms with E-state index in [0.717, 1.165) is 0 Å². The van der Waals surface area contributed by atoms with Gasteiger partial charge in [-0.1, -0.05) is 0 Å². The average Bonchev–Trinajstić information content (AvgIpc) is 2.86. The van der Waals surface area contributed by atoms with Crippen molar-refractivity contribution in [1.29, 1.82) is 0 Å². The Hall–Kier alpha value is -0.980. The van der Waals surface area contributed by atoms with Crippen LogP contribution in [0.2, 0.25) is 0 Å². The molecule has 0 N–H and O–H groups in total. The molecule has 22 heavy (non-hydrogen) atoms. The molecular weight excluding hydrogens is 297 g/mol. The monoisotopic (exact) mass is 322 g/mol. The van der Waals surface area contributed by atoms with Crippen molar-refractivity contribution in [2.24, 2.45) is 0 Å². The lowest BCUT2D eigenvalue weighted by Gasteiger charge is -2.40. The molecule has 1 amide bonds. The zero-order valence-electron chi connectivity index (χ0n) is 13.4. The van der Waals surface area contributed by atoms with Crippen molar-refractivity contribution in [3.05, 3.63) is 0 Å². The Bertz CT molecular complexity index is 399. The minimum atomic E-state index is -4.15. The fourth-order valence-electron chi connectivity index (χ4n) is 3.28. The zero-order valence-corrected chi connectivity index (χ0v) is 13.4. The summed E-state index contributed by atoms with van der Waals surface area (Å²) < 4.78 is 44.4. The van der Waals surface area contributed by atoms with Crippen molar-refractivity contribution in [1.82, 2.24) is 9.80 Å². The van der Waals surface area contributed by atoms with E-state index < -0.39 is 17.8 Å². The van der Waals surface area contributed by atoms with E-state index in [1.165, 1.54) is 0 Å². The number of carbonyl (C=O) groups is 1. The number of carbonyl (C=O) groups excluding carboxylic acids is 1. The third kappa shape index (κ3) is 4.27. The molecule has 0 aliphatic carbocycles. The van der Waals surface area contributed by atoms with Crippen LogP contribution >= 0.6 is 0 Å². The van der Waals surface area contributed by atoms with Crippen molar-refractivity contribution in [3.63, 3.8) is 0 Å². The van der Waals surface area contributed by atoms with E-state index in [1.54, 1.807) is 30.6 Å². The van der Waals surface area contributed by atoms with Crippen LogP contribution in [0.3, 0.4) is 0 Å². The van der Waals surface area contributed by atoms with Crippen LogP contribution in [0, 0.1) is 0 Å². The molecule has 0 aromatic rings. The number of hydrogen-bond acceptors (Lipinski definition) is 3. The smallest absolute Gasteiger partial charge is 0.410 e. The normalized spacial score (nSPS) is 25.5. The van der Waals surface area contributed by atoms with Crippen LogP contribution in [0.15, 0.2) is 0 Å². The first-order chi connectivity index (χ1) is 10.1. The molecule has 0 spiro atoms. The first-order valence-electron chi connectivity index (χ1n) is 7.88. The van der Waals surface area contributed by atoms with Gasteiger partial charge >= 0.3 is 12.3 Å². The van der Waals surface area contributed by atoms with Gasteiger partial charge in [0.1, 0.15) is 11.6 Å². The molecule has 2 heterocycles. The molecule has 2 aliphatic rings. The van der Waals surface area contributed by atoms with E-state index >= 15 is 0 Å². The molecule has 0 radical (unpaired) electrons. The average molecular weight is 322 g/mol. The van der Waals surface area contributed by atoms with Crippen LogP contribution in [-0.2, 0) is 4.74 Å². The van der Waals surface area contributed by atoms with Gasteiger partial charge in [0.2, 0.25) is 0 Å².